The molecule has 8 heteroatoms. The highest BCUT2D eigenvalue weighted by atomic mass is 35.5. The van der Waals surface area contributed by atoms with Gasteiger partial charge >= 0.3 is 0 Å². The molecule has 0 bridgehead atoms. The van der Waals surface area contributed by atoms with E-state index in [1.54, 1.807) is 30.5 Å². The Bertz CT molecular complexity index is 1270. The first-order valence-corrected chi connectivity index (χ1v) is 11.0. The Hall–Kier alpha value is -3.58. The summed E-state index contributed by atoms with van der Waals surface area (Å²) < 4.78 is 0. The molecule has 1 amide bonds. The number of hydrogen-bond donors (Lipinski definition) is 3. The van der Waals surface area contributed by atoms with Crippen molar-refractivity contribution in [1.82, 2.24) is 19.9 Å². The van der Waals surface area contributed by atoms with Gasteiger partial charge in [0.05, 0.1) is 16.9 Å². The molecule has 1 saturated heterocycles. The maximum absolute atomic E-state index is 12.9. The fourth-order valence-electron chi connectivity index (χ4n) is 4.16. The summed E-state index contributed by atoms with van der Waals surface area (Å²) in [5.41, 5.74) is 9.66. The lowest BCUT2D eigenvalue weighted by molar-refractivity contribution is 0.0714. The van der Waals surface area contributed by atoms with Crippen LogP contribution in [0.3, 0.4) is 0 Å². The minimum absolute atomic E-state index is 0.00741. The Kier molecular flexibility index (Phi) is 5.41. The van der Waals surface area contributed by atoms with Gasteiger partial charge in [-0.05, 0) is 43.2 Å². The molecule has 0 unspecified atom stereocenters. The normalized spacial score (nSPS) is 16.3. The van der Waals surface area contributed by atoms with E-state index < -0.39 is 0 Å². The molecule has 1 fully saturated rings. The van der Waals surface area contributed by atoms with Crippen molar-refractivity contribution in [2.24, 2.45) is 0 Å². The molecular weight excluding hydrogens is 424 g/mol. The summed E-state index contributed by atoms with van der Waals surface area (Å²) in [5.74, 6) is 0.509. The number of nitrogens with two attached hydrogens (primary N) is 1. The number of carbonyl (C=O) groups excluding carboxylic acids is 1. The van der Waals surface area contributed by atoms with Gasteiger partial charge in [0.2, 0.25) is 5.95 Å². The molecule has 3 heterocycles. The van der Waals surface area contributed by atoms with Gasteiger partial charge in [-0.2, -0.15) is 0 Å². The Balaban J connectivity index is 1.34. The van der Waals surface area contributed by atoms with E-state index in [-0.39, 0.29) is 11.9 Å². The summed E-state index contributed by atoms with van der Waals surface area (Å²) in [6.07, 6.45) is 5.37. The Morgan fingerprint density at radius 1 is 1.19 bits per heavy atom. The van der Waals surface area contributed by atoms with Gasteiger partial charge in [-0.3, -0.25) is 4.79 Å². The maximum Gasteiger partial charge on any atom is 0.253 e. The molecule has 5 rings (SSSR count). The van der Waals surface area contributed by atoms with Crippen molar-refractivity contribution in [1.29, 1.82) is 0 Å². The van der Waals surface area contributed by atoms with E-state index in [0.29, 0.717) is 34.5 Å². The van der Waals surface area contributed by atoms with Crippen LogP contribution < -0.4 is 11.1 Å². The summed E-state index contributed by atoms with van der Waals surface area (Å²) in [7, 11) is 0. The van der Waals surface area contributed by atoms with Crippen LogP contribution in [0.2, 0.25) is 5.02 Å². The number of aromatic amines is 1. The smallest absolute Gasteiger partial charge is 0.253 e. The topological polar surface area (TPSA) is 99.9 Å². The number of benzene rings is 2. The van der Waals surface area contributed by atoms with E-state index in [0.717, 1.165) is 35.9 Å². The van der Waals surface area contributed by atoms with Gasteiger partial charge in [0, 0.05) is 53.0 Å². The predicted octanol–water partition coefficient (Wildman–Crippen LogP) is 4.58. The highest BCUT2D eigenvalue weighted by Gasteiger charge is 2.25. The number of hydrogen-bond acceptors (Lipinski definition) is 5. The number of nitrogens with zero attached hydrogens (tertiary/aromatic N) is 3. The third-order valence-corrected chi connectivity index (χ3v) is 6.06. The standard InChI is InChI=1S/C24H23ClN6O/c25-20-13-28-24(30-22(20)19-12-27-21-6-2-1-5-18(19)21)29-17-4-3-11-31(14-17)23(32)15-7-9-16(26)10-8-15/h1-2,5-10,12-13,17,27H,3-4,11,14,26H2,(H,28,29,30)/t17-/m1/s1. The van der Waals surface area contributed by atoms with Crippen molar-refractivity contribution >= 4 is 40.0 Å². The van der Waals surface area contributed by atoms with Crippen molar-refractivity contribution in [3.05, 3.63) is 71.5 Å². The molecule has 1 aliphatic heterocycles. The Morgan fingerprint density at radius 3 is 2.84 bits per heavy atom. The Labute approximate surface area is 190 Å². The zero-order valence-electron chi connectivity index (χ0n) is 17.4. The molecule has 4 aromatic rings. The van der Waals surface area contributed by atoms with E-state index in [1.165, 1.54) is 0 Å². The molecule has 1 atom stereocenters. The minimum atomic E-state index is 0.00741. The number of amides is 1. The average Bonchev–Trinajstić information content (AvgIpc) is 3.25. The number of nitrogen functional groups attached to an aromatic ring is 1. The van der Waals surface area contributed by atoms with Crippen molar-refractivity contribution in [3.8, 4) is 11.3 Å². The molecule has 0 spiro atoms. The van der Waals surface area contributed by atoms with Crippen LogP contribution in [0.15, 0.2) is 60.9 Å². The number of nitrogens with one attached hydrogen (secondary N) is 2. The van der Waals surface area contributed by atoms with Crippen LogP contribution in [-0.4, -0.2) is 44.9 Å². The van der Waals surface area contributed by atoms with E-state index in [1.807, 2.05) is 35.4 Å². The van der Waals surface area contributed by atoms with E-state index >= 15 is 0 Å². The van der Waals surface area contributed by atoms with Crippen molar-refractivity contribution < 1.29 is 4.79 Å². The van der Waals surface area contributed by atoms with E-state index in [9.17, 15) is 4.79 Å². The minimum Gasteiger partial charge on any atom is -0.399 e. The second-order valence-corrected chi connectivity index (χ2v) is 8.40. The molecule has 32 heavy (non-hydrogen) atoms. The van der Waals surface area contributed by atoms with E-state index in [2.05, 4.69) is 15.3 Å². The molecule has 7 nitrogen and oxygen atoms in total. The van der Waals surface area contributed by atoms with Gasteiger partial charge < -0.3 is 20.9 Å². The zero-order chi connectivity index (χ0) is 22.1. The summed E-state index contributed by atoms with van der Waals surface area (Å²) in [5, 5.41) is 4.94. The lowest BCUT2D eigenvalue weighted by atomic mass is 10.0. The highest BCUT2D eigenvalue weighted by molar-refractivity contribution is 6.33. The summed E-state index contributed by atoms with van der Waals surface area (Å²) >= 11 is 6.45. The van der Waals surface area contributed by atoms with Crippen LogP contribution in [0.1, 0.15) is 23.2 Å². The number of anilines is 2. The molecule has 2 aromatic carbocycles. The first-order chi connectivity index (χ1) is 15.6. The van der Waals surface area contributed by atoms with Crippen LogP contribution in [-0.2, 0) is 0 Å². The first kappa shape index (κ1) is 20.3. The molecule has 1 aliphatic rings. The van der Waals surface area contributed by atoms with Crippen molar-refractivity contribution in [2.75, 3.05) is 24.1 Å². The van der Waals surface area contributed by atoms with Gasteiger partial charge in [-0.1, -0.05) is 29.8 Å². The lowest BCUT2D eigenvalue weighted by Crippen LogP contribution is -2.45. The van der Waals surface area contributed by atoms with Crippen LogP contribution in [0.5, 0.6) is 0 Å². The number of rotatable bonds is 4. The zero-order valence-corrected chi connectivity index (χ0v) is 18.1. The summed E-state index contributed by atoms with van der Waals surface area (Å²) in [6, 6.07) is 15.1. The molecule has 0 radical (unpaired) electrons. The van der Waals surface area contributed by atoms with Crippen LogP contribution in [0.25, 0.3) is 22.2 Å². The Morgan fingerprint density at radius 2 is 2.00 bits per heavy atom. The number of piperidine rings is 1. The number of para-hydroxylation sites is 1. The van der Waals surface area contributed by atoms with Gasteiger partial charge in [0.1, 0.15) is 0 Å². The third-order valence-electron chi connectivity index (χ3n) is 5.79. The molecule has 0 aliphatic carbocycles. The van der Waals surface area contributed by atoms with E-state index in [4.69, 9.17) is 22.3 Å². The third kappa shape index (κ3) is 3.99. The molecule has 162 valence electrons. The quantitative estimate of drug-likeness (QED) is 0.398. The molecule has 0 saturated carbocycles. The van der Waals surface area contributed by atoms with Crippen LogP contribution in [0.4, 0.5) is 11.6 Å². The first-order valence-electron chi connectivity index (χ1n) is 10.6. The fourth-order valence-corrected chi connectivity index (χ4v) is 4.36. The second kappa shape index (κ2) is 8.51. The number of carbonyl (C=O) groups is 1. The molecule has 2 aromatic heterocycles. The number of likely N-dealkylation sites (tertiary alicyclic amines) is 1. The van der Waals surface area contributed by atoms with Crippen LogP contribution >= 0.6 is 11.6 Å². The van der Waals surface area contributed by atoms with Crippen LogP contribution in [0, 0.1) is 0 Å². The highest BCUT2D eigenvalue weighted by Crippen LogP contribution is 2.32. The maximum atomic E-state index is 12.9. The second-order valence-electron chi connectivity index (χ2n) is 7.99. The molecular formula is C24H23ClN6O. The van der Waals surface area contributed by atoms with Gasteiger partial charge in [0.15, 0.2) is 0 Å². The van der Waals surface area contributed by atoms with Crippen molar-refractivity contribution in [2.45, 2.75) is 18.9 Å². The lowest BCUT2D eigenvalue weighted by Gasteiger charge is -2.33. The molecule has 4 N–H and O–H groups in total. The monoisotopic (exact) mass is 446 g/mol. The van der Waals surface area contributed by atoms with Gasteiger partial charge in [-0.25, -0.2) is 9.97 Å². The number of halogens is 1. The fraction of sp³-hybridized carbons (Fsp3) is 0.208. The number of H-pyrrole nitrogens is 1. The van der Waals surface area contributed by atoms with Crippen molar-refractivity contribution in [3.63, 3.8) is 0 Å². The number of fused-ring (bicyclic) bond motifs is 1. The van der Waals surface area contributed by atoms with Gasteiger partial charge in [-0.15, -0.1) is 0 Å². The van der Waals surface area contributed by atoms with Gasteiger partial charge in [0.25, 0.3) is 5.91 Å². The average molecular weight is 447 g/mol. The summed E-state index contributed by atoms with van der Waals surface area (Å²) in [6.45, 7) is 1.31. The summed E-state index contributed by atoms with van der Waals surface area (Å²) in [4.78, 5) is 27.1. The predicted molar refractivity (Wildman–Crippen MR) is 128 cm³/mol. The largest absolute Gasteiger partial charge is 0.399 e. The number of aromatic nitrogens is 3. The SMILES string of the molecule is Nc1ccc(C(=O)N2CCC[C@@H](Nc3ncc(Cl)c(-c4c[nH]c5ccccc45)n3)C2)cc1.